The molecule has 0 aliphatic heterocycles. The van der Waals surface area contributed by atoms with E-state index in [0.29, 0.717) is 24.0 Å². The number of rotatable bonds is 5. The van der Waals surface area contributed by atoms with Crippen LogP contribution in [0, 0.1) is 6.92 Å². The lowest BCUT2D eigenvalue weighted by Crippen LogP contribution is -2.06. The quantitative estimate of drug-likeness (QED) is 0.867. The van der Waals surface area contributed by atoms with Gasteiger partial charge in [0.15, 0.2) is 0 Å². The molecule has 0 radical (unpaired) electrons. The highest BCUT2D eigenvalue weighted by Crippen LogP contribution is 2.25. The van der Waals surface area contributed by atoms with Crippen molar-refractivity contribution in [1.29, 1.82) is 0 Å². The highest BCUT2D eigenvalue weighted by atomic mass is 16.5. The van der Waals surface area contributed by atoms with Crippen molar-refractivity contribution in [1.82, 2.24) is 9.97 Å². The van der Waals surface area contributed by atoms with Gasteiger partial charge in [-0.1, -0.05) is 0 Å². The average Bonchev–Trinajstić information content (AvgIpc) is 2.44. The Labute approximate surface area is 118 Å². The van der Waals surface area contributed by atoms with E-state index in [2.05, 4.69) is 15.3 Å². The zero-order valence-corrected chi connectivity index (χ0v) is 11.8. The third-order valence-corrected chi connectivity index (χ3v) is 2.81. The van der Waals surface area contributed by atoms with E-state index in [1.54, 1.807) is 27.2 Å². The molecule has 0 saturated carbocycles. The van der Waals surface area contributed by atoms with Gasteiger partial charge in [-0.15, -0.1) is 0 Å². The molecule has 6 nitrogen and oxygen atoms in total. The molecule has 2 aromatic rings. The fourth-order valence-corrected chi connectivity index (χ4v) is 1.87. The Morgan fingerprint density at radius 2 is 1.95 bits per heavy atom. The third-order valence-electron chi connectivity index (χ3n) is 2.81. The van der Waals surface area contributed by atoms with Gasteiger partial charge in [-0.05, 0) is 19.1 Å². The second-order valence-electron chi connectivity index (χ2n) is 4.26. The second kappa shape index (κ2) is 6.10. The van der Waals surface area contributed by atoms with Crippen LogP contribution in [0.2, 0.25) is 0 Å². The molecule has 0 amide bonds. The van der Waals surface area contributed by atoms with Crippen LogP contribution in [0.5, 0.6) is 11.5 Å². The minimum absolute atomic E-state index is 0.446. The number of hydrogen-bond donors (Lipinski definition) is 2. The van der Waals surface area contributed by atoms with Gasteiger partial charge in [-0.25, -0.2) is 9.97 Å². The number of nitrogens with zero attached hydrogens (tertiary/aromatic N) is 2. The Kier molecular flexibility index (Phi) is 4.24. The molecule has 106 valence electrons. The Morgan fingerprint density at radius 1 is 1.15 bits per heavy atom. The minimum Gasteiger partial charge on any atom is -0.497 e. The number of anilines is 2. The number of nitrogens with two attached hydrogens (primary N) is 1. The van der Waals surface area contributed by atoms with Gasteiger partial charge in [0.2, 0.25) is 0 Å². The molecule has 0 saturated heterocycles. The van der Waals surface area contributed by atoms with E-state index in [1.165, 1.54) is 0 Å². The van der Waals surface area contributed by atoms with Gasteiger partial charge in [-0.2, -0.15) is 0 Å². The van der Waals surface area contributed by atoms with Crippen LogP contribution in [0.1, 0.15) is 11.4 Å². The lowest BCUT2D eigenvalue weighted by atomic mass is 10.2. The van der Waals surface area contributed by atoms with Crippen molar-refractivity contribution in [2.45, 2.75) is 13.5 Å². The van der Waals surface area contributed by atoms with Crippen molar-refractivity contribution < 1.29 is 9.47 Å². The van der Waals surface area contributed by atoms with Gasteiger partial charge in [0.05, 0.1) is 14.2 Å². The average molecular weight is 274 g/mol. The van der Waals surface area contributed by atoms with Crippen molar-refractivity contribution in [3.05, 3.63) is 35.7 Å². The van der Waals surface area contributed by atoms with E-state index in [0.717, 1.165) is 17.1 Å². The van der Waals surface area contributed by atoms with Crippen LogP contribution in [0.15, 0.2) is 24.3 Å². The lowest BCUT2D eigenvalue weighted by Gasteiger charge is -2.12. The summed E-state index contributed by atoms with van der Waals surface area (Å²) in [5.74, 6) is 3.28. The molecule has 0 spiro atoms. The number of hydrogen-bond acceptors (Lipinski definition) is 6. The molecule has 1 aromatic heterocycles. The Morgan fingerprint density at radius 3 is 2.60 bits per heavy atom. The van der Waals surface area contributed by atoms with Gasteiger partial charge in [0, 0.05) is 24.2 Å². The predicted molar refractivity (Wildman–Crippen MR) is 78.1 cm³/mol. The third kappa shape index (κ3) is 3.28. The van der Waals surface area contributed by atoms with Crippen LogP contribution in [0.25, 0.3) is 0 Å². The first kappa shape index (κ1) is 13.9. The van der Waals surface area contributed by atoms with Crippen molar-refractivity contribution in [2.75, 3.05) is 25.3 Å². The maximum atomic E-state index is 5.69. The monoisotopic (exact) mass is 274 g/mol. The topological polar surface area (TPSA) is 82.3 Å². The van der Waals surface area contributed by atoms with E-state index in [9.17, 15) is 0 Å². The largest absolute Gasteiger partial charge is 0.497 e. The Balaban J connectivity index is 2.14. The molecule has 0 fully saturated rings. The second-order valence-corrected chi connectivity index (χ2v) is 4.26. The van der Waals surface area contributed by atoms with Crippen LogP contribution in [-0.4, -0.2) is 24.2 Å². The number of methoxy groups -OCH3 is 2. The summed E-state index contributed by atoms with van der Waals surface area (Å²) in [5, 5.41) is 3.20. The highest BCUT2D eigenvalue weighted by molar-refractivity contribution is 5.47. The van der Waals surface area contributed by atoms with E-state index >= 15 is 0 Å². The van der Waals surface area contributed by atoms with Gasteiger partial charge in [-0.3, -0.25) is 0 Å². The standard InChI is InChI=1S/C14H18N4O2/c1-9-17-13(15)7-14(18-9)16-8-10-4-5-11(19-2)6-12(10)20-3/h4-7H,8H2,1-3H3,(H3,15,16,17,18). The number of aryl methyl sites for hydroxylation is 1. The molecule has 0 atom stereocenters. The van der Waals surface area contributed by atoms with Crippen LogP contribution in [0.3, 0.4) is 0 Å². The number of nitrogen functional groups attached to an aromatic ring is 1. The van der Waals surface area contributed by atoms with Crippen molar-refractivity contribution in [3.63, 3.8) is 0 Å². The number of aromatic nitrogens is 2. The molecule has 6 heteroatoms. The molecule has 0 unspecified atom stereocenters. The number of nitrogens with one attached hydrogen (secondary N) is 1. The summed E-state index contributed by atoms with van der Waals surface area (Å²) in [6.45, 7) is 2.37. The maximum absolute atomic E-state index is 5.69. The van der Waals surface area contributed by atoms with Crippen LogP contribution in [0.4, 0.5) is 11.6 Å². The first-order valence-electron chi connectivity index (χ1n) is 6.18. The van der Waals surface area contributed by atoms with Crippen molar-refractivity contribution in [3.8, 4) is 11.5 Å². The predicted octanol–water partition coefficient (Wildman–Crippen LogP) is 2.00. The molecule has 0 bridgehead atoms. The van der Waals surface area contributed by atoms with Crippen LogP contribution in [-0.2, 0) is 6.54 Å². The van der Waals surface area contributed by atoms with E-state index in [1.807, 2.05) is 18.2 Å². The lowest BCUT2D eigenvalue weighted by molar-refractivity contribution is 0.391. The fourth-order valence-electron chi connectivity index (χ4n) is 1.87. The highest BCUT2D eigenvalue weighted by Gasteiger charge is 2.06. The zero-order valence-electron chi connectivity index (χ0n) is 11.8. The first-order valence-corrected chi connectivity index (χ1v) is 6.18. The van der Waals surface area contributed by atoms with Crippen LogP contribution < -0.4 is 20.5 Å². The molecule has 2 rings (SSSR count). The van der Waals surface area contributed by atoms with Crippen molar-refractivity contribution in [2.24, 2.45) is 0 Å². The summed E-state index contributed by atoms with van der Waals surface area (Å²) < 4.78 is 10.5. The normalized spacial score (nSPS) is 10.2. The minimum atomic E-state index is 0.446. The smallest absolute Gasteiger partial charge is 0.132 e. The summed E-state index contributed by atoms with van der Waals surface area (Å²) in [6.07, 6.45) is 0. The van der Waals surface area contributed by atoms with E-state index in [4.69, 9.17) is 15.2 Å². The van der Waals surface area contributed by atoms with Gasteiger partial charge in [0.1, 0.15) is 29.0 Å². The molecule has 3 N–H and O–H groups in total. The zero-order chi connectivity index (χ0) is 14.5. The molecular formula is C14H18N4O2. The van der Waals surface area contributed by atoms with Gasteiger partial charge in [0.25, 0.3) is 0 Å². The fraction of sp³-hybridized carbons (Fsp3) is 0.286. The molecular weight excluding hydrogens is 256 g/mol. The Hall–Kier alpha value is -2.50. The molecule has 1 heterocycles. The van der Waals surface area contributed by atoms with Crippen LogP contribution >= 0.6 is 0 Å². The van der Waals surface area contributed by atoms with Gasteiger partial charge < -0.3 is 20.5 Å². The number of ether oxygens (including phenoxy) is 2. The maximum Gasteiger partial charge on any atom is 0.132 e. The summed E-state index contributed by atoms with van der Waals surface area (Å²) in [6, 6.07) is 7.38. The molecule has 20 heavy (non-hydrogen) atoms. The summed E-state index contributed by atoms with van der Waals surface area (Å²) >= 11 is 0. The summed E-state index contributed by atoms with van der Waals surface area (Å²) in [4.78, 5) is 8.30. The number of benzene rings is 1. The SMILES string of the molecule is COc1ccc(CNc2cc(N)nc(C)n2)c(OC)c1. The molecule has 1 aromatic carbocycles. The van der Waals surface area contributed by atoms with E-state index in [-0.39, 0.29) is 0 Å². The Bertz CT molecular complexity index is 581. The summed E-state index contributed by atoms with van der Waals surface area (Å²) in [5.41, 5.74) is 6.69. The van der Waals surface area contributed by atoms with E-state index < -0.39 is 0 Å². The van der Waals surface area contributed by atoms with Gasteiger partial charge >= 0.3 is 0 Å². The molecule has 0 aliphatic carbocycles. The van der Waals surface area contributed by atoms with Crippen molar-refractivity contribution >= 4 is 11.6 Å². The summed E-state index contributed by atoms with van der Waals surface area (Å²) in [7, 11) is 3.25. The molecule has 0 aliphatic rings. The first-order chi connectivity index (χ1) is 9.62.